The zero-order valence-electron chi connectivity index (χ0n) is 10.8. The number of thiophene rings is 1. The molecule has 0 radical (unpaired) electrons. The Morgan fingerprint density at radius 3 is 2.67 bits per heavy atom. The lowest BCUT2D eigenvalue weighted by atomic mass is 10.2. The number of esters is 1. The summed E-state index contributed by atoms with van der Waals surface area (Å²) < 4.78 is 10.4. The highest BCUT2D eigenvalue weighted by molar-refractivity contribution is 7.18. The molecule has 0 aliphatic carbocycles. The van der Waals surface area contributed by atoms with Gasteiger partial charge in [-0.3, -0.25) is 0 Å². The smallest absolute Gasteiger partial charge is 0.350 e. The molecule has 6 heteroatoms. The summed E-state index contributed by atoms with van der Waals surface area (Å²) in [5.74, 6) is -0.377. The Morgan fingerprint density at radius 1 is 1.50 bits per heavy atom. The molecule has 2 heterocycles. The molecule has 2 N–H and O–H groups in total. The number of hydrogen-bond acceptors (Lipinski definition) is 6. The Bertz CT molecular complexity index is 437. The van der Waals surface area contributed by atoms with E-state index in [9.17, 15) is 4.79 Å². The second kappa shape index (κ2) is 5.16. The summed E-state index contributed by atoms with van der Waals surface area (Å²) >= 11 is 1.37. The standard InChI is InChI=1S/C12H18N2O3S/c1-7-5-14(6-8(2)17-7)10-4-9(13)11(18-10)12(15)16-3/h4,7-8H,5-6,13H2,1-3H3/t7-,8+. The first-order valence-corrected chi connectivity index (χ1v) is 6.71. The van der Waals surface area contributed by atoms with E-state index < -0.39 is 0 Å². The van der Waals surface area contributed by atoms with Crippen LogP contribution in [0.2, 0.25) is 0 Å². The van der Waals surface area contributed by atoms with Crippen LogP contribution in [0.3, 0.4) is 0 Å². The number of anilines is 2. The van der Waals surface area contributed by atoms with Crippen molar-refractivity contribution in [2.45, 2.75) is 26.1 Å². The van der Waals surface area contributed by atoms with E-state index in [0.29, 0.717) is 10.6 Å². The van der Waals surface area contributed by atoms with Crippen molar-refractivity contribution in [3.05, 3.63) is 10.9 Å². The van der Waals surface area contributed by atoms with Crippen molar-refractivity contribution in [1.29, 1.82) is 0 Å². The highest BCUT2D eigenvalue weighted by atomic mass is 32.1. The van der Waals surface area contributed by atoms with E-state index in [1.54, 1.807) is 0 Å². The van der Waals surface area contributed by atoms with E-state index >= 15 is 0 Å². The predicted octanol–water partition coefficient (Wildman–Crippen LogP) is 1.73. The van der Waals surface area contributed by atoms with Gasteiger partial charge in [-0.15, -0.1) is 11.3 Å². The zero-order chi connectivity index (χ0) is 13.3. The van der Waals surface area contributed by atoms with Crippen LogP contribution in [-0.4, -0.2) is 38.4 Å². The number of nitrogen functional groups attached to an aromatic ring is 1. The summed E-state index contributed by atoms with van der Waals surface area (Å²) in [6, 6.07) is 1.84. The molecule has 0 spiro atoms. The van der Waals surface area contributed by atoms with Gasteiger partial charge in [-0.05, 0) is 19.9 Å². The van der Waals surface area contributed by atoms with E-state index in [1.807, 2.05) is 19.9 Å². The molecule has 0 unspecified atom stereocenters. The Balaban J connectivity index is 2.21. The topological polar surface area (TPSA) is 64.8 Å². The third-order valence-corrected chi connectivity index (χ3v) is 4.04. The minimum Gasteiger partial charge on any atom is -0.465 e. The maximum atomic E-state index is 11.5. The van der Waals surface area contributed by atoms with Crippen LogP contribution in [-0.2, 0) is 9.47 Å². The normalized spacial score (nSPS) is 24.1. The highest BCUT2D eigenvalue weighted by Gasteiger charge is 2.25. The van der Waals surface area contributed by atoms with Gasteiger partial charge in [0.15, 0.2) is 0 Å². The molecule has 1 aliphatic heterocycles. The fourth-order valence-corrected chi connectivity index (χ4v) is 3.17. The van der Waals surface area contributed by atoms with Crippen LogP contribution in [0.15, 0.2) is 6.07 Å². The molecule has 18 heavy (non-hydrogen) atoms. The summed E-state index contributed by atoms with van der Waals surface area (Å²) in [6.45, 7) is 5.71. The fraction of sp³-hybridized carbons (Fsp3) is 0.583. The zero-order valence-corrected chi connectivity index (χ0v) is 11.6. The van der Waals surface area contributed by atoms with E-state index in [2.05, 4.69) is 4.90 Å². The molecule has 100 valence electrons. The van der Waals surface area contributed by atoms with Crippen molar-refractivity contribution >= 4 is 28.0 Å². The molecule has 0 saturated carbocycles. The second-order valence-corrected chi connectivity index (χ2v) is 5.55. The Labute approximate surface area is 110 Å². The molecule has 2 rings (SSSR count). The van der Waals surface area contributed by atoms with Crippen LogP contribution in [0.5, 0.6) is 0 Å². The average Bonchev–Trinajstić information content (AvgIpc) is 2.69. The SMILES string of the molecule is COC(=O)c1sc(N2C[C@@H](C)O[C@@H](C)C2)cc1N. The number of carbonyl (C=O) groups excluding carboxylic acids is 1. The first-order valence-electron chi connectivity index (χ1n) is 5.89. The van der Waals surface area contributed by atoms with Crippen LogP contribution in [0.25, 0.3) is 0 Å². The Morgan fingerprint density at radius 2 is 2.11 bits per heavy atom. The fourth-order valence-electron chi connectivity index (χ4n) is 2.16. The lowest BCUT2D eigenvalue weighted by Gasteiger charge is -2.35. The third-order valence-electron chi connectivity index (χ3n) is 2.85. The highest BCUT2D eigenvalue weighted by Crippen LogP contribution is 2.34. The number of morpholine rings is 1. The van der Waals surface area contributed by atoms with Crippen molar-refractivity contribution in [2.75, 3.05) is 30.8 Å². The number of methoxy groups -OCH3 is 1. The van der Waals surface area contributed by atoms with E-state index in [0.717, 1.165) is 18.1 Å². The number of nitrogens with zero attached hydrogens (tertiary/aromatic N) is 1. The van der Waals surface area contributed by atoms with Crippen LogP contribution in [0.4, 0.5) is 10.7 Å². The maximum absolute atomic E-state index is 11.5. The molecule has 0 aromatic carbocycles. The third kappa shape index (κ3) is 2.59. The molecule has 1 fully saturated rings. The van der Waals surface area contributed by atoms with Gasteiger partial charge < -0.3 is 20.1 Å². The van der Waals surface area contributed by atoms with Gasteiger partial charge in [-0.2, -0.15) is 0 Å². The van der Waals surface area contributed by atoms with E-state index in [1.165, 1.54) is 18.4 Å². The number of hydrogen-bond donors (Lipinski definition) is 1. The van der Waals surface area contributed by atoms with Crippen LogP contribution in [0, 0.1) is 0 Å². The molecule has 5 nitrogen and oxygen atoms in total. The molecule has 1 aromatic rings. The largest absolute Gasteiger partial charge is 0.465 e. The molecule has 0 bridgehead atoms. The van der Waals surface area contributed by atoms with Gasteiger partial charge in [0.2, 0.25) is 0 Å². The van der Waals surface area contributed by atoms with Crippen molar-refractivity contribution in [1.82, 2.24) is 0 Å². The average molecular weight is 270 g/mol. The number of carbonyl (C=O) groups is 1. The van der Waals surface area contributed by atoms with Crippen molar-refractivity contribution in [3.8, 4) is 0 Å². The van der Waals surface area contributed by atoms with Crippen LogP contribution < -0.4 is 10.6 Å². The quantitative estimate of drug-likeness (QED) is 0.829. The molecule has 1 saturated heterocycles. The Hall–Kier alpha value is -1.27. The summed E-state index contributed by atoms with van der Waals surface area (Å²) in [7, 11) is 1.36. The first kappa shape index (κ1) is 13.2. The van der Waals surface area contributed by atoms with Gasteiger partial charge in [0.05, 0.1) is 30.0 Å². The van der Waals surface area contributed by atoms with Crippen molar-refractivity contribution in [2.24, 2.45) is 0 Å². The summed E-state index contributed by atoms with van der Waals surface area (Å²) in [5, 5.41) is 0.995. The predicted molar refractivity (Wildman–Crippen MR) is 72.3 cm³/mol. The molecule has 2 atom stereocenters. The van der Waals surface area contributed by atoms with Crippen LogP contribution in [0.1, 0.15) is 23.5 Å². The minimum atomic E-state index is -0.377. The molecular weight excluding hydrogens is 252 g/mol. The van der Waals surface area contributed by atoms with Gasteiger partial charge in [0.25, 0.3) is 0 Å². The first-order chi connectivity index (χ1) is 8.51. The van der Waals surface area contributed by atoms with Crippen molar-refractivity contribution < 1.29 is 14.3 Å². The van der Waals surface area contributed by atoms with E-state index in [4.69, 9.17) is 15.2 Å². The van der Waals surface area contributed by atoms with Gasteiger partial charge >= 0.3 is 5.97 Å². The number of nitrogens with two attached hydrogens (primary N) is 1. The van der Waals surface area contributed by atoms with E-state index in [-0.39, 0.29) is 18.2 Å². The minimum absolute atomic E-state index is 0.179. The van der Waals surface area contributed by atoms with Crippen molar-refractivity contribution in [3.63, 3.8) is 0 Å². The molecule has 1 aliphatic rings. The van der Waals surface area contributed by atoms with Gasteiger partial charge in [-0.25, -0.2) is 4.79 Å². The monoisotopic (exact) mass is 270 g/mol. The summed E-state index contributed by atoms with van der Waals surface area (Å²) in [6.07, 6.45) is 0.359. The lowest BCUT2D eigenvalue weighted by molar-refractivity contribution is -0.00500. The lowest BCUT2D eigenvalue weighted by Crippen LogP contribution is -2.45. The number of ether oxygens (including phenoxy) is 2. The molecule has 0 amide bonds. The van der Waals surface area contributed by atoms with Gasteiger partial charge in [-0.1, -0.05) is 0 Å². The summed E-state index contributed by atoms with van der Waals surface area (Å²) in [4.78, 5) is 14.2. The number of rotatable bonds is 2. The maximum Gasteiger partial charge on any atom is 0.350 e. The summed E-state index contributed by atoms with van der Waals surface area (Å²) in [5.41, 5.74) is 6.33. The molecule has 1 aromatic heterocycles. The van der Waals surface area contributed by atoms with Gasteiger partial charge in [0, 0.05) is 13.1 Å². The second-order valence-electron chi connectivity index (χ2n) is 4.52. The molecular formula is C12H18N2O3S. The Kier molecular flexibility index (Phi) is 3.77. The van der Waals surface area contributed by atoms with Gasteiger partial charge in [0.1, 0.15) is 4.88 Å². The van der Waals surface area contributed by atoms with Crippen LogP contribution >= 0.6 is 11.3 Å².